The summed E-state index contributed by atoms with van der Waals surface area (Å²) in [6.07, 6.45) is 8.46. The van der Waals surface area contributed by atoms with E-state index in [9.17, 15) is 14.4 Å². The van der Waals surface area contributed by atoms with Gasteiger partial charge >= 0.3 is 6.09 Å². The fourth-order valence-corrected chi connectivity index (χ4v) is 6.56. The number of terminal acetylenes is 1. The van der Waals surface area contributed by atoms with Crippen molar-refractivity contribution in [3.8, 4) is 35.4 Å². The van der Waals surface area contributed by atoms with Gasteiger partial charge in [-0.3, -0.25) is 9.88 Å². The standard InChI is InChI=1S/C35H33F2N5O4/c1-7-24-28(36)11-8-20-12-23(45-18-44-6)13-25(29(20)24)32-31(37)30-26(14-38)19(2)40-33(27(30)15-39-32)41-16-21-9-10-22(17-41)42(21)34(43)46-35(3,4)5/h1,8,11-13,15,21-22H,9-10,16-18H2,2-6H3. The van der Waals surface area contributed by atoms with Crippen LogP contribution in [0, 0.1) is 42.2 Å². The van der Waals surface area contributed by atoms with Gasteiger partial charge in [0, 0.05) is 48.1 Å². The first-order valence-corrected chi connectivity index (χ1v) is 15.0. The first-order valence-electron chi connectivity index (χ1n) is 15.0. The van der Waals surface area contributed by atoms with Gasteiger partial charge in [0.05, 0.1) is 28.9 Å². The lowest BCUT2D eigenvalue weighted by Crippen LogP contribution is -2.57. The van der Waals surface area contributed by atoms with Crippen LogP contribution < -0.4 is 9.64 Å². The number of aromatic nitrogens is 2. The lowest BCUT2D eigenvalue weighted by atomic mass is 9.94. The minimum absolute atomic E-state index is 0.0440. The van der Waals surface area contributed by atoms with E-state index in [1.807, 2.05) is 30.6 Å². The highest BCUT2D eigenvalue weighted by molar-refractivity contribution is 6.04. The number of nitrogens with zero attached hydrogens (tertiary/aromatic N) is 5. The number of anilines is 1. The number of nitriles is 1. The molecule has 0 aliphatic carbocycles. The molecular formula is C35H33F2N5O4. The van der Waals surface area contributed by atoms with Gasteiger partial charge in [-0.15, -0.1) is 6.42 Å². The maximum atomic E-state index is 16.9. The molecule has 4 aromatic rings. The molecule has 2 saturated heterocycles. The average Bonchev–Trinajstić information content (AvgIpc) is 3.28. The van der Waals surface area contributed by atoms with Crippen molar-refractivity contribution in [3.63, 3.8) is 0 Å². The van der Waals surface area contributed by atoms with Crippen LogP contribution in [0.1, 0.15) is 50.4 Å². The minimum Gasteiger partial charge on any atom is -0.468 e. The number of rotatable bonds is 5. The molecule has 2 fully saturated rings. The fraction of sp³-hybridized carbons (Fsp3) is 0.371. The Bertz CT molecular complexity index is 1960. The first kappa shape index (κ1) is 31.0. The molecule has 6 rings (SSSR count). The van der Waals surface area contributed by atoms with Crippen molar-refractivity contribution in [1.82, 2.24) is 14.9 Å². The molecule has 0 N–H and O–H groups in total. The Morgan fingerprint density at radius 1 is 1.13 bits per heavy atom. The Morgan fingerprint density at radius 3 is 2.48 bits per heavy atom. The number of amides is 1. The van der Waals surface area contributed by atoms with E-state index < -0.39 is 17.2 Å². The number of halogens is 2. The molecule has 0 radical (unpaired) electrons. The van der Waals surface area contributed by atoms with Gasteiger partial charge in [-0.05, 0) is 64.1 Å². The number of hydrogen-bond acceptors (Lipinski definition) is 8. The zero-order valence-corrected chi connectivity index (χ0v) is 26.3. The topological polar surface area (TPSA) is 101 Å². The summed E-state index contributed by atoms with van der Waals surface area (Å²) >= 11 is 0. The summed E-state index contributed by atoms with van der Waals surface area (Å²) in [6.45, 7) is 8.02. The van der Waals surface area contributed by atoms with E-state index in [2.05, 4.69) is 17.0 Å². The normalized spacial score (nSPS) is 17.7. The Kier molecular flexibility index (Phi) is 7.91. The lowest BCUT2D eigenvalue weighted by Gasteiger charge is -2.42. The molecule has 1 amide bonds. The summed E-state index contributed by atoms with van der Waals surface area (Å²) in [5.74, 6) is 1.80. The summed E-state index contributed by atoms with van der Waals surface area (Å²) in [5, 5.41) is 11.4. The third kappa shape index (κ3) is 5.31. The van der Waals surface area contributed by atoms with Crippen molar-refractivity contribution in [1.29, 1.82) is 5.26 Å². The molecule has 0 spiro atoms. The molecule has 2 aromatic heterocycles. The second-order valence-corrected chi connectivity index (χ2v) is 12.6. The molecule has 11 heteroatoms. The second-order valence-electron chi connectivity index (χ2n) is 12.6. The molecular weight excluding hydrogens is 592 g/mol. The number of carbonyl (C=O) groups is 1. The van der Waals surface area contributed by atoms with Crippen molar-refractivity contribution in [2.75, 3.05) is 31.9 Å². The number of pyridine rings is 2. The van der Waals surface area contributed by atoms with Gasteiger partial charge in [0.2, 0.25) is 0 Å². The summed E-state index contributed by atoms with van der Waals surface area (Å²) in [6, 6.07) is 7.87. The third-order valence-corrected chi connectivity index (χ3v) is 8.43. The summed E-state index contributed by atoms with van der Waals surface area (Å²) < 4.78 is 48.3. The fourth-order valence-electron chi connectivity index (χ4n) is 6.56. The van der Waals surface area contributed by atoms with E-state index in [1.54, 1.807) is 13.0 Å². The van der Waals surface area contributed by atoms with Crippen LogP contribution in [0.5, 0.6) is 5.75 Å². The van der Waals surface area contributed by atoms with Gasteiger partial charge in [0.1, 0.15) is 34.7 Å². The highest BCUT2D eigenvalue weighted by atomic mass is 19.1. The number of aryl methyl sites for hydroxylation is 1. The Hall–Kier alpha value is -5.00. The van der Waals surface area contributed by atoms with Crippen LogP contribution in [0.15, 0.2) is 30.5 Å². The zero-order chi connectivity index (χ0) is 32.9. The smallest absolute Gasteiger partial charge is 0.410 e. The molecule has 2 bridgehead atoms. The van der Waals surface area contributed by atoms with Crippen molar-refractivity contribution >= 4 is 33.5 Å². The molecule has 2 aliphatic rings. The van der Waals surface area contributed by atoms with Crippen LogP contribution >= 0.6 is 0 Å². The van der Waals surface area contributed by atoms with Gasteiger partial charge < -0.3 is 19.1 Å². The number of ether oxygens (including phenoxy) is 3. The zero-order valence-electron chi connectivity index (χ0n) is 26.3. The molecule has 46 heavy (non-hydrogen) atoms. The van der Waals surface area contributed by atoms with Gasteiger partial charge in [0.15, 0.2) is 12.6 Å². The van der Waals surface area contributed by atoms with E-state index in [4.69, 9.17) is 25.6 Å². The maximum absolute atomic E-state index is 16.9. The molecule has 2 aliphatic heterocycles. The van der Waals surface area contributed by atoms with Crippen LogP contribution in [-0.4, -0.2) is 65.6 Å². The number of fused-ring (bicyclic) bond motifs is 4. The van der Waals surface area contributed by atoms with E-state index in [1.165, 1.54) is 31.5 Å². The van der Waals surface area contributed by atoms with E-state index >= 15 is 4.39 Å². The number of piperazine rings is 1. The summed E-state index contributed by atoms with van der Waals surface area (Å²) in [7, 11) is 1.47. The highest BCUT2D eigenvalue weighted by Gasteiger charge is 2.45. The van der Waals surface area contributed by atoms with Crippen molar-refractivity contribution < 1.29 is 27.8 Å². The van der Waals surface area contributed by atoms with Gasteiger partial charge in [-0.1, -0.05) is 12.0 Å². The first-order chi connectivity index (χ1) is 21.9. The van der Waals surface area contributed by atoms with Crippen molar-refractivity contribution in [3.05, 3.63) is 58.9 Å². The second kappa shape index (κ2) is 11.7. The van der Waals surface area contributed by atoms with Crippen molar-refractivity contribution in [2.45, 2.75) is 58.2 Å². The molecule has 2 unspecified atom stereocenters. The number of hydrogen-bond donors (Lipinski definition) is 0. The predicted molar refractivity (Wildman–Crippen MR) is 169 cm³/mol. The SMILES string of the molecule is C#Cc1c(F)ccc2cc(OCOC)cc(-c3ncc4c(N5CC6CCC(C5)N6C(=O)OC(C)(C)C)nc(C)c(C#N)c4c3F)c12. The maximum Gasteiger partial charge on any atom is 0.410 e. The van der Waals surface area contributed by atoms with Gasteiger partial charge in [-0.25, -0.2) is 18.6 Å². The van der Waals surface area contributed by atoms with Gasteiger partial charge in [-0.2, -0.15) is 5.26 Å². The third-order valence-electron chi connectivity index (χ3n) is 8.43. The monoisotopic (exact) mass is 625 g/mol. The quantitative estimate of drug-likeness (QED) is 0.184. The van der Waals surface area contributed by atoms with Crippen LogP contribution in [-0.2, 0) is 9.47 Å². The molecule has 2 atom stereocenters. The van der Waals surface area contributed by atoms with Gasteiger partial charge in [0.25, 0.3) is 0 Å². The Morgan fingerprint density at radius 2 is 1.85 bits per heavy atom. The number of carbonyl (C=O) groups excluding carboxylic acids is 1. The summed E-state index contributed by atoms with van der Waals surface area (Å²) in [4.78, 5) is 26.2. The number of methoxy groups -OCH3 is 1. The van der Waals surface area contributed by atoms with Crippen LogP contribution in [0.3, 0.4) is 0 Å². The van der Waals surface area contributed by atoms with Crippen molar-refractivity contribution in [2.24, 2.45) is 0 Å². The molecule has 0 saturated carbocycles. The van der Waals surface area contributed by atoms with E-state index in [-0.39, 0.29) is 58.1 Å². The van der Waals surface area contributed by atoms with E-state index in [0.29, 0.717) is 41.1 Å². The molecule has 9 nitrogen and oxygen atoms in total. The average molecular weight is 626 g/mol. The van der Waals surface area contributed by atoms with E-state index in [0.717, 1.165) is 12.8 Å². The summed E-state index contributed by atoms with van der Waals surface area (Å²) in [5.41, 5.74) is -0.165. The molecule has 2 aromatic carbocycles. The minimum atomic E-state index is -0.770. The Balaban J connectivity index is 1.50. The molecule has 236 valence electrons. The predicted octanol–water partition coefficient (Wildman–Crippen LogP) is 6.46. The lowest BCUT2D eigenvalue weighted by molar-refractivity contribution is 0.0123. The number of benzene rings is 2. The highest BCUT2D eigenvalue weighted by Crippen LogP contribution is 2.41. The Labute approximate surface area is 265 Å². The van der Waals surface area contributed by atoms with Crippen LogP contribution in [0.25, 0.3) is 32.8 Å². The largest absolute Gasteiger partial charge is 0.468 e. The molecule has 4 heterocycles. The van der Waals surface area contributed by atoms with Crippen LogP contribution in [0.2, 0.25) is 0 Å². The van der Waals surface area contributed by atoms with Crippen LogP contribution in [0.4, 0.5) is 19.4 Å².